The maximum atomic E-state index is 7.06. The molecule has 6 aliphatic heterocycles. The number of benzene rings is 9. The van der Waals surface area contributed by atoms with Crippen LogP contribution in [-0.4, -0.2) is 38.9 Å². The number of hydrogen-bond acceptors (Lipinski definition) is 9. The number of fused-ring (bicyclic) bond motifs is 12. The van der Waals surface area contributed by atoms with Crippen LogP contribution in [0.1, 0.15) is 0 Å². The Bertz CT molecular complexity index is 3510. The van der Waals surface area contributed by atoms with Crippen molar-refractivity contribution in [3.8, 4) is 79.7 Å². The first-order valence-electron chi connectivity index (χ1n) is 23.0. The fourth-order valence-corrected chi connectivity index (χ4v) is 12.9. The summed E-state index contributed by atoms with van der Waals surface area (Å²) >= 11 is 5.08. The van der Waals surface area contributed by atoms with Gasteiger partial charge < -0.3 is 29.0 Å². The van der Waals surface area contributed by atoms with Crippen molar-refractivity contribution in [3.63, 3.8) is 0 Å². The average molecular weight is 944 g/mol. The first-order valence-corrected chi connectivity index (χ1v) is 26.7. The van der Waals surface area contributed by atoms with Crippen LogP contribution in [0, 0.1) is 0 Å². The predicted octanol–water partition coefficient (Wildman–Crippen LogP) is 9.32. The van der Waals surface area contributed by atoms with Crippen LogP contribution in [-0.2, 0) is 0 Å². The Hall–Kier alpha value is -6.98. The summed E-state index contributed by atoms with van der Waals surface area (Å²) in [6.07, 6.45) is 6.30. The summed E-state index contributed by atoms with van der Waals surface area (Å²) in [5.74, 6) is 8.27. The van der Waals surface area contributed by atoms with Crippen molar-refractivity contribution in [2.24, 2.45) is 0 Å². The zero-order valence-electron chi connectivity index (χ0n) is 37.5. The van der Waals surface area contributed by atoms with Crippen molar-refractivity contribution in [2.45, 2.75) is 14.7 Å². The van der Waals surface area contributed by atoms with Crippen molar-refractivity contribution in [3.05, 3.63) is 158 Å². The van der Waals surface area contributed by atoms with E-state index in [9.17, 15) is 0 Å². The van der Waals surface area contributed by atoms with Gasteiger partial charge in [-0.15, -0.1) is 35.3 Å². The van der Waals surface area contributed by atoms with E-state index >= 15 is 0 Å². The molecule has 0 atom stereocenters. The lowest BCUT2D eigenvalue weighted by Gasteiger charge is -2.38. The Kier molecular flexibility index (Phi) is 8.69. The van der Waals surface area contributed by atoms with E-state index in [0.717, 1.165) is 155 Å². The Morgan fingerprint density at radius 2 is 0.696 bits per heavy atom. The fourth-order valence-electron chi connectivity index (χ4n) is 11.5. The van der Waals surface area contributed by atoms with Gasteiger partial charge in [0.05, 0.1) is 0 Å². The number of thioether (sulfide) groups is 3. The number of hydrogen-bond donors (Lipinski definition) is 1. The van der Waals surface area contributed by atoms with Gasteiger partial charge in [0.25, 0.3) is 20.1 Å². The highest BCUT2D eigenvalue weighted by molar-refractivity contribution is 7.99. The lowest BCUT2D eigenvalue weighted by molar-refractivity contribution is 0.454. The molecule has 6 aliphatic rings. The first kappa shape index (κ1) is 40.0. The van der Waals surface area contributed by atoms with Crippen LogP contribution in [0.15, 0.2) is 172 Å². The van der Waals surface area contributed by atoms with Crippen molar-refractivity contribution >= 4 is 116 Å². The van der Waals surface area contributed by atoms with Gasteiger partial charge >= 0.3 is 0 Å². The summed E-state index contributed by atoms with van der Waals surface area (Å²) in [4.78, 5) is 3.28. The van der Waals surface area contributed by atoms with E-state index in [1.807, 2.05) is 0 Å². The molecule has 0 saturated carbocycles. The maximum Gasteiger partial charge on any atom is 0.260 e. The monoisotopic (exact) mass is 943 g/mol. The van der Waals surface area contributed by atoms with E-state index in [2.05, 4.69) is 182 Å². The molecule has 0 aromatic heterocycles. The summed E-state index contributed by atoms with van der Waals surface area (Å²) < 4.78 is 34.8. The largest absolute Gasteiger partial charge is 0.458 e. The second kappa shape index (κ2) is 15.0. The van der Waals surface area contributed by atoms with Gasteiger partial charge in [0.1, 0.15) is 57.5 Å². The average Bonchev–Trinajstić information content (AvgIpc) is 3.39. The maximum absolute atomic E-state index is 7.06. The molecule has 1 N–H and O–H groups in total. The minimum absolute atomic E-state index is 0.120. The molecule has 0 fully saturated rings. The Morgan fingerprint density at radius 3 is 1.16 bits per heavy atom. The van der Waals surface area contributed by atoms with Gasteiger partial charge in [-0.1, -0.05) is 97.1 Å². The van der Waals surface area contributed by atoms with Gasteiger partial charge in [0.2, 0.25) is 0 Å². The number of rotatable bonds is 5. The van der Waals surface area contributed by atoms with Gasteiger partial charge in [-0.2, -0.15) is 0 Å². The highest BCUT2D eigenvalue weighted by Crippen LogP contribution is 2.44. The van der Waals surface area contributed by atoms with E-state index in [1.165, 1.54) is 0 Å². The Labute approximate surface area is 413 Å². The van der Waals surface area contributed by atoms with Crippen molar-refractivity contribution in [2.75, 3.05) is 24.1 Å². The SMILES string of the molecule is CSc1cc2c3c(c1)Oc1cc4c(cc1B3c1cc3c(cc1N2)Oc1cc(SC)cc2c1B3c1ccc(-c3ccccc3)cc1O2)B1c2ccc(-c3ccccc3)cc2Oc2cc(SC)cc(c21)O4. The van der Waals surface area contributed by atoms with Crippen LogP contribution in [0.4, 0.5) is 11.4 Å². The second-order valence-corrected chi connectivity index (χ2v) is 20.9. The smallest absolute Gasteiger partial charge is 0.260 e. The van der Waals surface area contributed by atoms with Crippen LogP contribution in [0.25, 0.3) is 22.3 Å². The summed E-state index contributed by atoms with van der Waals surface area (Å²) in [6, 6.07) is 56.5. The molecule has 0 aliphatic carbocycles. The molecule has 12 heteroatoms. The zero-order chi connectivity index (χ0) is 45.6. The van der Waals surface area contributed by atoms with Gasteiger partial charge in [-0.05, 0) is 128 Å². The van der Waals surface area contributed by atoms with Crippen LogP contribution >= 0.6 is 35.3 Å². The molecular weight excluding hydrogens is 907 g/mol. The highest BCUT2D eigenvalue weighted by Gasteiger charge is 2.47. The van der Waals surface area contributed by atoms with Crippen molar-refractivity contribution in [1.29, 1.82) is 0 Å². The normalized spacial score (nSPS) is 13.9. The zero-order valence-corrected chi connectivity index (χ0v) is 40.0. The molecule has 326 valence electrons. The second-order valence-electron chi connectivity index (χ2n) is 18.2. The van der Waals surface area contributed by atoms with E-state index in [-0.39, 0.29) is 20.1 Å². The fraction of sp³-hybridized carbons (Fsp3) is 0.0526. The molecule has 9 aromatic carbocycles. The Balaban J connectivity index is 0.931. The summed E-state index contributed by atoms with van der Waals surface area (Å²) in [7, 11) is 0. The van der Waals surface area contributed by atoms with Gasteiger partial charge in [-0.3, -0.25) is 0 Å². The van der Waals surface area contributed by atoms with Gasteiger partial charge in [0.15, 0.2) is 0 Å². The molecule has 0 unspecified atom stereocenters. The summed E-state index contributed by atoms with van der Waals surface area (Å²) in [5.41, 5.74) is 16.5. The first-order chi connectivity index (χ1) is 34.0. The molecule has 0 amide bonds. The van der Waals surface area contributed by atoms with E-state index in [0.29, 0.717) is 0 Å². The van der Waals surface area contributed by atoms with Crippen LogP contribution in [0.3, 0.4) is 0 Å². The molecule has 69 heavy (non-hydrogen) atoms. The van der Waals surface area contributed by atoms with E-state index in [1.54, 1.807) is 35.3 Å². The minimum atomic E-state index is -0.166. The molecule has 0 bridgehead atoms. The van der Waals surface area contributed by atoms with Crippen LogP contribution < -0.4 is 78.2 Å². The summed E-state index contributed by atoms with van der Waals surface area (Å²) in [6.45, 7) is -0.419. The third-order valence-electron chi connectivity index (χ3n) is 14.6. The molecule has 0 radical (unpaired) electrons. The minimum Gasteiger partial charge on any atom is -0.458 e. The van der Waals surface area contributed by atoms with Crippen molar-refractivity contribution in [1.82, 2.24) is 0 Å². The predicted molar refractivity (Wildman–Crippen MR) is 289 cm³/mol. The molecule has 0 spiro atoms. The highest BCUT2D eigenvalue weighted by atomic mass is 32.2. The van der Waals surface area contributed by atoms with E-state index in [4.69, 9.17) is 23.7 Å². The lowest BCUT2D eigenvalue weighted by atomic mass is 9.30. The third kappa shape index (κ3) is 5.95. The van der Waals surface area contributed by atoms with Crippen LogP contribution in [0.2, 0.25) is 0 Å². The van der Waals surface area contributed by atoms with Gasteiger partial charge in [-0.25, -0.2) is 0 Å². The van der Waals surface area contributed by atoms with E-state index < -0.39 is 0 Å². The summed E-state index contributed by atoms with van der Waals surface area (Å²) in [5, 5.41) is 3.89. The molecule has 6 nitrogen and oxygen atoms in total. The molecular formula is C57H36B3NO5S3. The molecule has 6 heterocycles. The molecule has 15 rings (SSSR count). The van der Waals surface area contributed by atoms with Crippen molar-refractivity contribution < 1.29 is 23.7 Å². The lowest BCUT2D eigenvalue weighted by Crippen LogP contribution is -2.63. The number of ether oxygens (including phenoxy) is 5. The van der Waals surface area contributed by atoms with Crippen LogP contribution in [0.5, 0.6) is 57.5 Å². The Morgan fingerprint density at radius 1 is 0.304 bits per heavy atom. The van der Waals surface area contributed by atoms with Gasteiger partial charge in [0, 0.05) is 49.1 Å². The quantitative estimate of drug-likeness (QED) is 0.135. The molecule has 0 saturated heterocycles. The number of anilines is 2. The standard InChI is InChI=1S/C57H36B3NO5S3/c1-67-34-20-44-55-50(21-34)65-49-29-48-41(59-38-17-15-33(31-12-8-5-9-13-31)19-46(38)63-52-23-36(69-3)25-54(66-48)57(52)59)27-42(49)60(55)39-26-40-47(28-43(39)61-44)64-53-24-35(68-2)22-51-56(53)58(40)37-16-14-32(18-45(37)62-51)30-10-6-4-7-11-30/h4-29,61H,1-3H3. The number of nitrogens with one attached hydrogen (secondary N) is 1. The third-order valence-corrected chi connectivity index (χ3v) is 16.8. The molecule has 9 aromatic rings. The topological polar surface area (TPSA) is 58.2 Å².